The zero-order valence-electron chi connectivity index (χ0n) is 14.0. The normalized spacial score (nSPS) is 13.1. The summed E-state index contributed by atoms with van der Waals surface area (Å²) in [5.41, 5.74) is 0.927. The van der Waals surface area contributed by atoms with Crippen molar-refractivity contribution >= 4 is 23.2 Å². The molecule has 4 nitrogen and oxygen atoms in total. The van der Waals surface area contributed by atoms with Gasteiger partial charge < -0.3 is 10.1 Å². The second-order valence-electron chi connectivity index (χ2n) is 5.74. The molecule has 1 amide bonds. The van der Waals surface area contributed by atoms with Gasteiger partial charge >= 0.3 is 5.97 Å². The maximum atomic E-state index is 12.5. The third kappa shape index (κ3) is 5.20. The predicted molar refractivity (Wildman–Crippen MR) is 95.8 cm³/mol. The summed E-state index contributed by atoms with van der Waals surface area (Å²) < 4.78 is 5.27. The van der Waals surface area contributed by atoms with Gasteiger partial charge in [0.15, 0.2) is 6.61 Å². The monoisotopic (exact) mass is 345 g/mol. The van der Waals surface area contributed by atoms with Crippen LogP contribution in [0.3, 0.4) is 0 Å². The third-order valence-corrected chi connectivity index (χ3v) is 4.89. The van der Waals surface area contributed by atoms with E-state index in [1.807, 2.05) is 61.7 Å². The molecule has 0 fully saturated rings. The Bertz CT molecular complexity index is 640. The average molecular weight is 345 g/mol. The van der Waals surface area contributed by atoms with Crippen molar-refractivity contribution in [3.8, 4) is 0 Å². The zero-order chi connectivity index (χ0) is 17.4. The van der Waals surface area contributed by atoms with Gasteiger partial charge in [-0.1, -0.05) is 56.7 Å². The molecule has 1 N–H and O–H groups in total. The fourth-order valence-electron chi connectivity index (χ4n) is 2.47. The summed E-state index contributed by atoms with van der Waals surface area (Å²) in [5, 5.41) is 4.71. The quantitative estimate of drug-likeness (QED) is 0.742. The van der Waals surface area contributed by atoms with Crippen LogP contribution in [0.4, 0.5) is 0 Å². The fraction of sp³-hybridized carbons (Fsp3) is 0.368. The van der Waals surface area contributed by atoms with Crippen molar-refractivity contribution < 1.29 is 14.3 Å². The van der Waals surface area contributed by atoms with Gasteiger partial charge in [0.25, 0.3) is 5.91 Å². The van der Waals surface area contributed by atoms with Gasteiger partial charge in [-0.05, 0) is 22.9 Å². The first-order valence-electron chi connectivity index (χ1n) is 8.12. The second-order valence-corrected chi connectivity index (χ2v) is 6.77. The lowest BCUT2D eigenvalue weighted by atomic mass is 9.86. The molecule has 0 spiro atoms. The van der Waals surface area contributed by atoms with Crippen LogP contribution in [-0.4, -0.2) is 18.5 Å². The number of rotatable bonds is 8. The first-order chi connectivity index (χ1) is 11.6. The summed E-state index contributed by atoms with van der Waals surface area (Å²) in [4.78, 5) is 25.4. The molecule has 1 aromatic carbocycles. The molecule has 128 valence electrons. The van der Waals surface area contributed by atoms with E-state index < -0.39 is 0 Å². The Balaban J connectivity index is 1.89. The minimum Gasteiger partial charge on any atom is -0.455 e. The Hall–Kier alpha value is -2.14. The summed E-state index contributed by atoms with van der Waals surface area (Å²) in [6.45, 7) is 4.28. The highest BCUT2D eigenvalue weighted by molar-refractivity contribution is 7.09. The molecule has 1 heterocycles. The third-order valence-electron chi connectivity index (χ3n) is 4.01. The van der Waals surface area contributed by atoms with Gasteiger partial charge in [-0.25, -0.2) is 0 Å². The van der Waals surface area contributed by atoms with Crippen LogP contribution in [0, 0.1) is 5.92 Å². The van der Waals surface area contributed by atoms with E-state index in [1.54, 1.807) is 11.3 Å². The number of nitrogens with one attached hydrogen (secondary N) is 1. The average Bonchev–Trinajstić information content (AvgIpc) is 3.12. The maximum absolute atomic E-state index is 12.5. The Morgan fingerprint density at radius 2 is 1.92 bits per heavy atom. The van der Waals surface area contributed by atoms with E-state index in [1.165, 1.54) is 0 Å². The molecule has 2 rings (SSSR count). The van der Waals surface area contributed by atoms with Gasteiger partial charge in [0.2, 0.25) is 0 Å². The Kier molecular flexibility index (Phi) is 7.00. The Morgan fingerprint density at radius 1 is 1.17 bits per heavy atom. The van der Waals surface area contributed by atoms with E-state index in [2.05, 4.69) is 5.32 Å². The molecule has 0 bridgehead atoms. The van der Waals surface area contributed by atoms with E-state index in [9.17, 15) is 9.59 Å². The molecule has 0 aliphatic heterocycles. The topological polar surface area (TPSA) is 55.4 Å². The van der Waals surface area contributed by atoms with Gasteiger partial charge in [0, 0.05) is 4.88 Å². The lowest BCUT2D eigenvalue weighted by molar-refractivity contribution is -0.151. The molecule has 0 saturated carbocycles. The number of esters is 1. The van der Waals surface area contributed by atoms with Crippen LogP contribution in [0.15, 0.2) is 47.8 Å². The fourth-order valence-corrected chi connectivity index (χ4v) is 3.11. The number of carbonyl (C=O) groups excluding carboxylic acids is 2. The van der Waals surface area contributed by atoms with Crippen molar-refractivity contribution in [2.45, 2.75) is 32.7 Å². The molecule has 0 radical (unpaired) electrons. The van der Waals surface area contributed by atoms with Crippen LogP contribution in [0.25, 0.3) is 0 Å². The van der Waals surface area contributed by atoms with E-state index in [-0.39, 0.29) is 30.3 Å². The number of thiophene rings is 1. The predicted octanol–water partition coefficient (Wildman–Crippen LogP) is 3.74. The molecule has 24 heavy (non-hydrogen) atoms. The largest absolute Gasteiger partial charge is 0.455 e. The number of benzene rings is 1. The maximum Gasteiger partial charge on any atom is 0.314 e. The van der Waals surface area contributed by atoms with E-state index in [0.717, 1.165) is 16.9 Å². The van der Waals surface area contributed by atoms with Gasteiger partial charge in [0.1, 0.15) is 0 Å². The first kappa shape index (κ1) is 18.2. The van der Waals surface area contributed by atoms with Crippen LogP contribution in [0.1, 0.15) is 36.6 Å². The zero-order valence-corrected chi connectivity index (χ0v) is 14.8. The smallest absolute Gasteiger partial charge is 0.314 e. The van der Waals surface area contributed by atoms with Crippen LogP contribution in [0.5, 0.6) is 0 Å². The van der Waals surface area contributed by atoms with E-state index in [4.69, 9.17) is 4.74 Å². The number of ether oxygens (including phenoxy) is 1. The summed E-state index contributed by atoms with van der Waals surface area (Å²) in [6.07, 6.45) is 0.860. The van der Waals surface area contributed by atoms with Gasteiger partial charge in [-0.3, -0.25) is 9.59 Å². The van der Waals surface area contributed by atoms with Crippen LogP contribution < -0.4 is 5.32 Å². The number of hydrogen-bond donors (Lipinski definition) is 1. The van der Waals surface area contributed by atoms with Crippen molar-refractivity contribution in [2.75, 3.05) is 6.61 Å². The minimum absolute atomic E-state index is 0.147. The highest BCUT2D eigenvalue weighted by Crippen LogP contribution is 2.28. The molecule has 0 aliphatic rings. The van der Waals surface area contributed by atoms with Crippen LogP contribution in [-0.2, 0) is 20.9 Å². The molecule has 2 unspecified atom stereocenters. The lowest BCUT2D eigenvalue weighted by Gasteiger charge is -2.21. The first-order valence-corrected chi connectivity index (χ1v) is 9.00. The molecular weight excluding hydrogens is 322 g/mol. The second kappa shape index (κ2) is 9.23. The van der Waals surface area contributed by atoms with Crippen molar-refractivity contribution in [2.24, 2.45) is 5.92 Å². The van der Waals surface area contributed by atoms with E-state index >= 15 is 0 Å². The molecule has 1 aromatic heterocycles. The van der Waals surface area contributed by atoms with Crippen molar-refractivity contribution in [3.05, 3.63) is 58.3 Å². The summed E-state index contributed by atoms with van der Waals surface area (Å²) in [7, 11) is 0. The Labute approximate surface area is 146 Å². The van der Waals surface area contributed by atoms with Crippen LogP contribution in [0.2, 0.25) is 0 Å². The van der Waals surface area contributed by atoms with E-state index in [0.29, 0.717) is 6.54 Å². The number of carbonyl (C=O) groups is 2. The van der Waals surface area contributed by atoms with Gasteiger partial charge in [-0.15, -0.1) is 11.3 Å². The molecule has 0 saturated heterocycles. The summed E-state index contributed by atoms with van der Waals surface area (Å²) in [6, 6.07) is 13.5. The molecule has 2 atom stereocenters. The Morgan fingerprint density at radius 3 is 2.54 bits per heavy atom. The highest BCUT2D eigenvalue weighted by Gasteiger charge is 2.27. The number of hydrogen-bond acceptors (Lipinski definition) is 4. The number of amides is 1. The van der Waals surface area contributed by atoms with Gasteiger partial charge in [-0.2, -0.15) is 0 Å². The van der Waals surface area contributed by atoms with Crippen molar-refractivity contribution in [1.82, 2.24) is 5.32 Å². The lowest BCUT2D eigenvalue weighted by Crippen LogP contribution is -2.30. The highest BCUT2D eigenvalue weighted by atomic mass is 32.1. The molecule has 2 aromatic rings. The van der Waals surface area contributed by atoms with Crippen LogP contribution >= 0.6 is 11.3 Å². The summed E-state index contributed by atoms with van der Waals surface area (Å²) >= 11 is 1.58. The molecular formula is C19H23NO3S. The minimum atomic E-state index is -0.346. The van der Waals surface area contributed by atoms with Crippen molar-refractivity contribution in [1.29, 1.82) is 0 Å². The van der Waals surface area contributed by atoms with Gasteiger partial charge in [0.05, 0.1) is 12.5 Å². The standard InChI is InChI=1S/C19H23NO3S/c1-3-14(2)18(15-8-5-4-6-9-15)19(22)23-13-17(21)20-12-16-10-7-11-24-16/h4-11,14,18H,3,12-13H2,1-2H3,(H,20,21). The van der Waals surface area contributed by atoms with Crippen molar-refractivity contribution in [3.63, 3.8) is 0 Å². The summed E-state index contributed by atoms with van der Waals surface area (Å²) in [5.74, 6) is -0.829. The SMILES string of the molecule is CCC(C)C(C(=O)OCC(=O)NCc1cccs1)c1ccccc1. The molecule has 0 aliphatic carbocycles. The molecule has 5 heteroatoms.